The normalized spacial score (nSPS) is 14.0. The van der Waals surface area contributed by atoms with Gasteiger partial charge in [0.1, 0.15) is 18.1 Å². The summed E-state index contributed by atoms with van der Waals surface area (Å²) >= 11 is 0. The minimum atomic E-state index is -1.24. The first-order valence-corrected chi connectivity index (χ1v) is 7.43. The average Bonchev–Trinajstić information content (AvgIpc) is 2.85. The van der Waals surface area contributed by atoms with E-state index in [0.29, 0.717) is 6.29 Å². The number of hydrogen-bond donors (Lipinski definition) is 2. The van der Waals surface area contributed by atoms with Crippen molar-refractivity contribution in [2.45, 2.75) is 18.9 Å². The largest absolute Gasteiger partial charge is 0.481 e. The molecule has 0 radical (unpaired) electrons. The molecule has 0 aromatic heterocycles. The van der Waals surface area contributed by atoms with Crippen molar-refractivity contribution < 1.29 is 33.8 Å². The molecule has 0 spiro atoms. The summed E-state index contributed by atoms with van der Waals surface area (Å²) < 4.78 is 5.07. The fourth-order valence-corrected chi connectivity index (χ4v) is 2.59. The summed E-state index contributed by atoms with van der Waals surface area (Å²) in [5.41, 5.74) is -0.0679. The number of aldehydes is 1. The minimum Gasteiger partial charge on any atom is -0.481 e. The number of nitrogens with one attached hydrogen (secondary N) is 1. The zero-order chi connectivity index (χ0) is 18.6. The van der Waals surface area contributed by atoms with Gasteiger partial charge in [0.05, 0.1) is 11.1 Å². The molecular formula is C16H16N2O7. The van der Waals surface area contributed by atoms with E-state index in [2.05, 4.69) is 5.32 Å². The third kappa shape index (κ3) is 3.49. The number of carbonyl (C=O) groups excluding carboxylic acids is 4. The average molecular weight is 348 g/mol. The highest BCUT2D eigenvalue weighted by Gasteiger charge is 2.44. The molecule has 1 aromatic carbocycles. The molecule has 0 fully saturated rings. The quantitative estimate of drug-likeness (QED) is 0.493. The Kier molecular flexibility index (Phi) is 5.48. The van der Waals surface area contributed by atoms with Crippen LogP contribution in [0.15, 0.2) is 18.2 Å². The highest BCUT2D eigenvalue weighted by molar-refractivity contribution is 6.24. The molecule has 9 nitrogen and oxygen atoms in total. The van der Waals surface area contributed by atoms with Crippen LogP contribution < -0.4 is 10.1 Å². The van der Waals surface area contributed by atoms with Crippen LogP contribution in [0.5, 0.6) is 5.75 Å². The van der Waals surface area contributed by atoms with Crippen LogP contribution in [0, 0.1) is 0 Å². The molecule has 132 valence electrons. The number of rotatable bonds is 8. The molecule has 0 aliphatic carbocycles. The summed E-state index contributed by atoms with van der Waals surface area (Å²) in [6, 6.07) is 3.07. The summed E-state index contributed by atoms with van der Waals surface area (Å²) in [5, 5.41) is 11.1. The Hall–Kier alpha value is -3.23. The van der Waals surface area contributed by atoms with E-state index >= 15 is 0 Å². The molecule has 1 aromatic rings. The highest BCUT2D eigenvalue weighted by atomic mass is 16.5. The molecule has 3 amide bonds. The van der Waals surface area contributed by atoms with Crippen molar-refractivity contribution in [2.75, 3.05) is 13.7 Å². The third-order valence-corrected chi connectivity index (χ3v) is 3.68. The number of carbonyl (C=O) groups is 5. The predicted molar refractivity (Wildman–Crippen MR) is 83.2 cm³/mol. The maximum absolute atomic E-state index is 12.7. The van der Waals surface area contributed by atoms with Gasteiger partial charge in [-0.1, -0.05) is 6.07 Å². The van der Waals surface area contributed by atoms with Crippen LogP contribution in [0.25, 0.3) is 0 Å². The van der Waals surface area contributed by atoms with E-state index in [1.165, 1.54) is 25.2 Å². The molecule has 25 heavy (non-hydrogen) atoms. The van der Waals surface area contributed by atoms with Gasteiger partial charge in [0.15, 0.2) is 6.61 Å². The monoisotopic (exact) mass is 348 g/mol. The lowest BCUT2D eigenvalue weighted by Gasteiger charge is -2.24. The first kappa shape index (κ1) is 18.1. The van der Waals surface area contributed by atoms with Gasteiger partial charge in [-0.15, -0.1) is 0 Å². The molecule has 0 saturated heterocycles. The molecule has 1 aliphatic rings. The van der Waals surface area contributed by atoms with Crippen molar-refractivity contribution in [1.82, 2.24) is 10.2 Å². The number of aliphatic carboxylic acids is 1. The number of hydrogen-bond acceptors (Lipinski definition) is 6. The number of carboxylic acid groups (broad SMARTS) is 1. The maximum Gasteiger partial charge on any atom is 0.341 e. The van der Waals surface area contributed by atoms with Gasteiger partial charge >= 0.3 is 5.97 Å². The van der Waals surface area contributed by atoms with Crippen LogP contribution >= 0.6 is 0 Å². The van der Waals surface area contributed by atoms with Gasteiger partial charge in [-0.25, -0.2) is 4.79 Å². The minimum absolute atomic E-state index is 0.00609. The Labute approximate surface area is 142 Å². The summed E-state index contributed by atoms with van der Waals surface area (Å²) in [6.07, 6.45) is 0.573. The van der Waals surface area contributed by atoms with E-state index in [1.807, 2.05) is 0 Å². The SMILES string of the molecule is CNC(=O)C(CCC=O)N1C(=O)c2cccc(OCC(=O)O)c2C1=O. The van der Waals surface area contributed by atoms with Gasteiger partial charge < -0.3 is 20.0 Å². The van der Waals surface area contributed by atoms with Crippen LogP contribution in [-0.2, 0) is 14.4 Å². The van der Waals surface area contributed by atoms with E-state index in [1.54, 1.807) is 0 Å². The van der Waals surface area contributed by atoms with E-state index in [-0.39, 0.29) is 29.7 Å². The molecule has 1 heterocycles. The molecule has 0 bridgehead atoms. The van der Waals surface area contributed by atoms with E-state index < -0.39 is 36.3 Å². The van der Waals surface area contributed by atoms with Gasteiger partial charge in [0, 0.05) is 13.5 Å². The molecule has 1 unspecified atom stereocenters. The summed E-state index contributed by atoms with van der Waals surface area (Å²) in [7, 11) is 1.36. The van der Waals surface area contributed by atoms with Crippen molar-refractivity contribution in [1.29, 1.82) is 0 Å². The number of benzene rings is 1. The van der Waals surface area contributed by atoms with Gasteiger partial charge in [0.25, 0.3) is 11.8 Å². The molecule has 1 aliphatic heterocycles. The highest BCUT2D eigenvalue weighted by Crippen LogP contribution is 2.33. The molecule has 1 atom stereocenters. The first-order valence-electron chi connectivity index (χ1n) is 7.43. The summed E-state index contributed by atoms with van der Waals surface area (Å²) in [5.74, 6) is -3.32. The molecule has 2 rings (SSSR count). The number of likely N-dealkylation sites (N-methyl/N-ethyl adjacent to an activating group) is 1. The van der Waals surface area contributed by atoms with Crippen LogP contribution in [0.4, 0.5) is 0 Å². The van der Waals surface area contributed by atoms with Crippen molar-refractivity contribution in [3.63, 3.8) is 0 Å². The van der Waals surface area contributed by atoms with Crippen molar-refractivity contribution in [3.8, 4) is 5.75 Å². The lowest BCUT2D eigenvalue weighted by molar-refractivity contribution is -0.139. The Morgan fingerprint density at radius 2 is 2.04 bits per heavy atom. The third-order valence-electron chi connectivity index (χ3n) is 3.68. The standard InChI is InChI=1S/C16H16N2O7/c1-17-14(22)10(5-3-7-19)18-15(23)9-4-2-6-11(13(9)16(18)24)25-8-12(20)21/h2,4,6-7,10H,3,5,8H2,1H3,(H,17,22)(H,20,21). The second kappa shape index (κ2) is 7.56. The first-order chi connectivity index (χ1) is 11.9. The molecule has 0 saturated carbocycles. The lowest BCUT2D eigenvalue weighted by atomic mass is 10.1. The topological polar surface area (TPSA) is 130 Å². The molecule has 9 heteroatoms. The Morgan fingerprint density at radius 3 is 2.64 bits per heavy atom. The Morgan fingerprint density at radius 1 is 1.32 bits per heavy atom. The summed E-state index contributed by atoms with van der Waals surface area (Å²) in [6.45, 7) is -0.679. The van der Waals surface area contributed by atoms with Crippen molar-refractivity contribution in [3.05, 3.63) is 29.3 Å². The van der Waals surface area contributed by atoms with Gasteiger partial charge in [-0.3, -0.25) is 19.3 Å². The van der Waals surface area contributed by atoms with Crippen LogP contribution in [0.2, 0.25) is 0 Å². The second-order valence-electron chi connectivity index (χ2n) is 5.22. The number of ether oxygens (including phenoxy) is 1. The van der Waals surface area contributed by atoms with E-state index in [9.17, 15) is 24.0 Å². The fraction of sp³-hybridized carbons (Fsp3) is 0.312. The molecule has 2 N–H and O–H groups in total. The zero-order valence-corrected chi connectivity index (χ0v) is 13.4. The number of carboxylic acids is 1. The van der Waals surface area contributed by atoms with E-state index in [0.717, 1.165) is 4.90 Å². The van der Waals surface area contributed by atoms with Gasteiger partial charge in [-0.05, 0) is 18.6 Å². The maximum atomic E-state index is 12.7. The smallest absolute Gasteiger partial charge is 0.341 e. The number of imide groups is 1. The zero-order valence-electron chi connectivity index (χ0n) is 13.4. The lowest BCUT2D eigenvalue weighted by Crippen LogP contribution is -2.48. The number of nitrogens with zero attached hydrogens (tertiary/aromatic N) is 1. The summed E-state index contributed by atoms with van der Waals surface area (Å²) in [4.78, 5) is 59.4. The van der Waals surface area contributed by atoms with E-state index in [4.69, 9.17) is 9.84 Å². The van der Waals surface area contributed by atoms with Gasteiger partial charge in [-0.2, -0.15) is 0 Å². The van der Waals surface area contributed by atoms with Crippen molar-refractivity contribution >= 4 is 30.0 Å². The Balaban J connectivity index is 2.40. The van der Waals surface area contributed by atoms with Crippen molar-refractivity contribution in [2.24, 2.45) is 0 Å². The van der Waals surface area contributed by atoms with Crippen LogP contribution in [-0.4, -0.2) is 59.7 Å². The Bertz CT molecular complexity index is 744. The fourth-order valence-electron chi connectivity index (χ4n) is 2.59. The second-order valence-corrected chi connectivity index (χ2v) is 5.22. The predicted octanol–water partition coefficient (Wildman–Crippen LogP) is -0.160. The molecular weight excluding hydrogens is 332 g/mol. The number of amides is 3. The van der Waals surface area contributed by atoms with Gasteiger partial charge in [0.2, 0.25) is 5.91 Å². The van der Waals surface area contributed by atoms with Crippen LogP contribution in [0.3, 0.4) is 0 Å². The van der Waals surface area contributed by atoms with Crippen LogP contribution in [0.1, 0.15) is 33.6 Å². The number of fused-ring (bicyclic) bond motifs is 1.